The van der Waals surface area contributed by atoms with Crippen molar-refractivity contribution in [2.75, 3.05) is 19.0 Å². The number of halogens is 1. The topological polar surface area (TPSA) is 40.5 Å². The average molecular weight is 234 g/mol. The van der Waals surface area contributed by atoms with Crippen LogP contribution in [0.25, 0.3) is 0 Å². The Balaban J connectivity index is 2.56. The Labute approximate surface area is 96.4 Å². The van der Waals surface area contributed by atoms with Crippen molar-refractivity contribution in [1.29, 1.82) is 0 Å². The molecule has 0 aliphatic carbocycles. The van der Waals surface area contributed by atoms with E-state index in [0.29, 0.717) is 19.0 Å². The number of amides is 1. The van der Waals surface area contributed by atoms with Crippen LogP contribution in [0.3, 0.4) is 0 Å². The molecule has 3 nitrogen and oxygen atoms in total. The third-order valence-electron chi connectivity index (χ3n) is 3.20. The second-order valence-electron chi connectivity index (χ2n) is 5.44. The van der Waals surface area contributed by atoms with Crippen LogP contribution < -0.4 is 0 Å². The molecule has 0 atom stereocenters. The number of alkyl halides is 1. The molecule has 4 heteroatoms. The van der Waals surface area contributed by atoms with Gasteiger partial charge in [0.2, 0.25) is 5.91 Å². The molecule has 0 bridgehead atoms. The summed E-state index contributed by atoms with van der Waals surface area (Å²) < 4.78 is 0. The summed E-state index contributed by atoms with van der Waals surface area (Å²) in [5.41, 5.74) is -1.22. The van der Waals surface area contributed by atoms with Crippen LogP contribution in [0.5, 0.6) is 0 Å². The Bertz CT molecular complexity index is 257. The first-order chi connectivity index (χ1) is 6.73. The average Bonchev–Trinajstić information content (AvgIpc) is 2.11. The van der Waals surface area contributed by atoms with Gasteiger partial charge in [0.15, 0.2) is 0 Å². The lowest BCUT2D eigenvalue weighted by Gasteiger charge is -2.50. The molecule has 1 saturated heterocycles. The molecular formula is C11H20ClNO2. The maximum atomic E-state index is 11.9. The minimum atomic E-state index is -0.696. The zero-order chi connectivity index (χ0) is 11.9. The quantitative estimate of drug-likeness (QED) is 0.751. The fourth-order valence-electron chi connectivity index (χ4n) is 1.61. The molecule has 0 unspecified atom stereocenters. The van der Waals surface area contributed by atoms with Gasteiger partial charge in [-0.1, -0.05) is 13.8 Å². The summed E-state index contributed by atoms with van der Waals surface area (Å²) in [6.45, 7) is 8.46. The summed E-state index contributed by atoms with van der Waals surface area (Å²) in [5, 5.41) is 10.0. The van der Waals surface area contributed by atoms with Crippen LogP contribution in [0, 0.1) is 11.3 Å². The molecule has 1 heterocycles. The summed E-state index contributed by atoms with van der Waals surface area (Å²) in [7, 11) is 0. The van der Waals surface area contributed by atoms with Gasteiger partial charge in [-0.15, -0.1) is 11.6 Å². The Kier molecular flexibility index (Phi) is 3.36. The van der Waals surface area contributed by atoms with Crippen LogP contribution in [0.15, 0.2) is 0 Å². The summed E-state index contributed by atoms with van der Waals surface area (Å²) in [5.74, 6) is 0.520. The summed E-state index contributed by atoms with van der Waals surface area (Å²) in [6.07, 6.45) is 0. The molecule has 1 amide bonds. The second-order valence-corrected chi connectivity index (χ2v) is 5.70. The van der Waals surface area contributed by atoms with E-state index >= 15 is 0 Å². The van der Waals surface area contributed by atoms with E-state index in [1.54, 1.807) is 4.90 Å². The molecule has 0 spiro atoms. The van der Waals surface area contributed by atoms with Crippen molar-refractivity contribution in [3.05, 3.63) is 0 Å². The highest BCUT2D eigenvalue weighted by molar-refractivity contribution is 6.19. The standard InChI is InChI=1S/C11H20ClNO2/c1-8(2)11(15)6-13(7-11)9(14)10(3,4)5-12/h8,15H,5-7H2,1-4H3. The number of nitrogens with zero attached hydrogens (tertiary/aromatic N) is 1. The molecule has 1 aliphatic rings. The van der Waals surface area contributed by atoms with E-state index in [-0.39, 0.29) is 11.8 Å². The lowest BCUT2D eigenvalue weighted by Crippen LogP contribution is -2.67. The van der Waals surface area contributed by atoms with Gasteiger partial charge < -0.3 is 10.0 Å². The Morgan fingerprint density at radius 1 is 1.53 bits per heavy atom. The number of aliphatic hydroxyl groups is 1. The van der Waals surface area contributed by atoms with Gasteiger partial charge in [-0.05, 0) is 19.8 Å². The van der Waals surface area contributed by atoms with E-state index in [0.717, 1.165) is 0 Å². The summed E-state index contributed by atoms with van der Waals surface area (Å²) in [4.78, 5) is 13.6. The van der Waals surface area contributed by atoms with Gasteiger partial charge in [0.25, 0.3) is 0 Å². The molecule has 1 fully saturated rings. The molecule has 0 aromatic rings. The SMILES string of the molecule is CC(C)C1(O)CN(C(=O)C(C)(C)CCl)C1. The fraction of sp³-hybridized carbons (Fsp3) is 0.909. The van der Waals surface area contributed by atoms with Crippen molar-refractivity contribution in [3.63, 3.8) is 0 Å². The third kappa shape index (κ3) is 2.28. The molecule has 0 radical (unpaired) electrons. The highest BCUT2D eigenvalue weighted by Crippen LogP contribution is 2.32. The first-order valence-corrected chi connectivity index (χ1v) is 5.84. The van der Waals surface area contributed by atoms with Crippen molar-refractivity contribution in [3.8, 4) is 0 Å². The van der Waals surface area contributed by atoms with Crippen LogP contribution in [0.1, 0.15) is 27.7 Å². The van der Waals surface area contributed by atoms with Crippen LogP contribution >= 0.6 is 11.6 Å². The van der Waals surface area contributed by atoms with Crippen molar-refractivity contribution in [2.24, 2.45) is 11.3 Å². The molecule has 1 aliphatic heterocycles. The minimum Gasteiger partial charge on any atom is -0.386 e. The first-order valence-electron chi connectivity index (χ1n) is 5.31. The van der Waals surface area contributed by atoms with E-state index < -0.39 is 11.0 Å². The summed E-state index contributed by atoms with van der Waals surface area (Å²) in [6, 6.07) is 0. The number of hydrogen-bond donors (Lipinski definition) is 1. The molecule has 0 saturated carbocycles. The Morgan fingerprint density at radius 3 is 2.33 bits per heavy atom. The second kappa shape index (κ2) is 3.95. The molecule has 15 heavy (non-hydrogen) atoms. The maximum Gasteiger partial charge on any atom is 0.229 e. The zero-order valence-corrected chi connectivity index (χ0v) is 10.6. The lowest BCUT2D eigenvalue weighted by atomic mass is 9.81. The Hall–Kier alpha value is -0.280. The molecule has 0 aromatic carbocycles. The number of rotatable bonds is 3. The highest BCUT2D eigenvalue weighted by Gasteiger charge is 2.48. The molecule has 1 rings (SSSR count). The largest absolute Gasteiger partial charge is 0.386 e. The normalized spacial score (nSPS) is 20.3. The summed E-state index contributed by atoms with van der Waals surface area (Å²) >= 11 is 5.74. The number of carbonyl (C=O) groups excluding carboxylic acids is 1. The van der Waals surface area contributed by atoms with Crippen molar-refractivity contribution in [2.45, 2.75) is 33.3 Å². The van der Waals surface area contributed by atoms with Gasteiger partial charge >= 0.3 is 0 Å². The molecular weight excluding hydrogens is 214 g/mol. The minimum absolute atomic E-state index is 0.0304. The van der Waals surface area contributed by atoms with E-state index in [9.17, 15) is 9.90 Å². The molecule has 88 valence electrons. The monoisotopic (exact) mass is 233 g/mol. The number of likely N-dealkylation sites (tertiary alicyclic amines) is 1. The van der Waals surface area contributed by atoms with E-state index in [2.05, 4.69) is 0 Å². The van der Waals surface area contributed by atoms with Crippen LogP contribution in [0.4, 0.5) is 0 Å². The number of β-amino-alcohol motifs (C(OH)–C–C–N with tert-alkyl or cyclic N) is 1. The predicted molar refractivity (Wildman–Crippen MR) is 60.9 cm³/mol. The van der Waals surface area contributed by atoms with Crippen molar-refractivity contribution >= 4 is 17.5 Å². The Morgan fingerprint density at radius 2 is 2.00 bits per heavy atom. The van der Waals surface area contributed by atoms with Gasteiger partial charge in [-0.2, -0.15) is 0 Å². The van der Waals surface area contributed by atoms with Gasteiger partial charge in [0.05, 0.1) is 18.5 Å². The molecule has 0 aromatic heterocycles. The fourth-order valence-corrected chi connectivity index (χ4v) is 1.72. The van der Waals surface area contributed by atoms with Gasteiger partial charge in [-0.25, -0.2) is 0 Å². The molecule has 1 N–H and O–H groups in total. The van der Waals surface area contributed by atoms with Gasteiger partial charge in [0.1, 0.15) is 5.60 Å². The predicted octanol–water partition coefficient (Wildman–Crippen LogP) is 1.48. The van der Waals surface area contributed by atoms with Gasteiger partial charge in [0, 0.05) is 5.88 Å². The van der Waals surface area contributed by atoms with E-state index in [1.165, 1.54) is 0 Å². The van der Waals surface area contributed by atoms with E-state index in [1.807, 2.05) is 27.7 Å². The third-order valence-corrected chi connectivity index (χ3v) is 3.87. The highest BCUT2D eigenvalue weighted by atomic mass is 35.5. The van der Waals surface area contributed by atoms with Crippen molar-refractivity contribution < 1.29 is 9.90 Å². The smallest absolute Gasteiger partial charge is 0.229 e. The van der Waals surface area contributed by atoms with E-state index in [4.69, 9.17) is 11.6 Å². The van der Waals surface area contributed by atoms with Crippen molar-refractivity contribution in [1.82, 2.24) is 4.90 Å². The van der Waals surface area contributed by atoms with Crippen LogP contribution in [-0.4, -0.2) is 40.5 Å². The lowest BCUT2D eigenvalue weighted by molar-refractivity contribution is -0.171. The zero-order valence-electron chi connectivity index (χ0n) is 9.88. The van der Waals surface area contributed by atoms with Gasteiger partial charge in [-0.3, -0.25) is 4.79 Å². The van der Waals surface area contributed by atoms with Crippen LogP contribution in [0.2, 0.25) is 0 Å². The van der Waals surface area contributed by atoms with Crippen LogP contribution in [-0.2, 0) is 4.79 Å². The number of carbonyl (C=O) groups is 1. The maximum absolute atomic E-state index is 11.9. The number of hydrogen-bond acceptors (Lipinski definition) is 2. The first kappa shape index (κ1) is 12.8.